The third kappa shape index (κ3) is 2.76. The Labute approximate surface area is 119 Å². The monoisotopic (exact) mass is 316 g/mol. The van der Waals surface area contributed by atoms with Crippen LogP contribution in [0.5, 0.6) is 0 Å². The van der Waals surface area contributed by atoms with E-state index in [-0.39, 0.29) is 0 Å². The average Bonchev–Trinajstić information content (AvgIpc) is 2.80. The van der Waals surface area contributed by atoms with Crippen LogP contribution in [0.15, 0.2) is 41.0 Å². The number of aryl methyl sites for hydroxylation is 1. The lowest BCUT2D eigenvalue weighted by Crippen LogP contribution is -2.00. The molecule has 2 aromatic heterocycles. The zero-order chi connectivity index (χ0) is 13.2. The van der Waals surface area contributed by atoms with Gasteiger partial charge < -0.3 is 10.3 Å². The first kappa shape index (κ1) is 12.2. The van der Waals surface area contributed by atoms with Crippen LogP contribution in [0.25, 0.3) is 11.2 Å². The van der Waals surface area contributed by atoms with E-state index in [0.29, 0.717) is 6.54 Å². The number of nitrogens with one attached hydrogen (secondary N) is 2. The average molecular weight is 317 g/mol. The van der Waals surface area contributed by atoms with Crippen molar-refractivity contribution in [3.8, 4) is 0 Å². The summed E-state index contributed by atoms with van der Waals surface area (Å²) in [5.41, 5.74) is 4.02. The van der Waals surface area contributed by atoms with Crippen LogP contribution in [0.4, 0.5) is 5.69 Å². The van der Waals surface area contributed by atoms with E-state index < -0.39 is 0 Å². The molecule has 0 aliphatic carbocycles. The Morgan fingerprint density at radius 2 is 2.05 bits per heavy atom. The third-order valence-corrected chi connectivity index (χ3v) is 3.30. The molecular weight excluding hydrogens is 304 g/mol. The van der Waals surface area contributed by atoms with Gasteiger partial charge >= 0.3 is 0 Å². The fourth-order valence-corrected chi connectivity index (χ4v) is 2.20. The molecule has 4 nitrogen and oxygen atoms in total. The molecular formula is C14H13BrN4. The summed E-state index contributed by atoms with van der Waals surface area (Å²) in [5, 5.41) is 3.33. The fourth-order valence-electron chi connectivity index (χ4n) is 1.87. The van der Waals surface area contributed by atoms with Gasteiger partial charge in [-0.15, -0.1) is 0 Å². The lowest BCUT2D eigenvalue weighted by molar-refractivity contribution is 1.01. The quantitative estimate of drug-likeness (QED) is 0.775. The number of nitrogens with zero attached hydrogens (tertiary/aromatic N) is 2. The number of benzene rings is 1. The number of aromatic nitrogens is 3. The van der Waals surface area contributed by atoms with Crippen molar-refractivity contribution in [2.24, 2.45) is 0 Å². The minimum absolute atomic E-state index is 0.650. The predicted octanol–water partition coefficient (Wildman–Crippen LogP) is 3.64. The van der Waals surface area contributed by atoms with Gasteiger partial charge in [0, 0.05) is 16.4 Å². The summed E-state index contributed by atoms with van der Waals surface area (Å²) in [5.74, 6) is 0.876. The van der Waals surface area contributed by atoms with Crippen molar-refractivity contribution in [2.75, 3.05) is 5.32 Å². The highest BCUT2D eigenvalue weighted by Gasteiger charge is 2.04. The van der Waals surface area contributed by atoms with Crippen molar-refractivity contribution in [1.29, 1.82) is 0 Å². The van der Waals surface area contributed by atoms with Gasteiger partial charge in [0.05, 0.1) is 12.1 Å². The van der Waals surface area contributed by atoms with E-state index in [2.05, 4.69) is 67.4 Å². The lowest BCUT2D eigenvalue weighted by Gasteiger charge is -2.04. The molecule has 0 atom stereocenters. The summed E-state index contributed by atoms with van der Waals surface area (Å²) in [6.45, 7) is 2.73. The lowest BCUT2D eigenvalue weighted by atomic mass is 10.2. The molecule has 2 heterocycles. The van der Waals surface area contributed by atoms with Crippen molar-refractivity contribution >= 4 is 32.8 Å². The number of hydrogen-bond donors (Lipinski definition) is 2. The van der Waals surface area contributed by atoms with Gasteiger partial charge in [-0.3, -0.25) is 0 Å². The number of imidazole rings is 1. The Kier molecular flexibility index (Phi) is 3.21. The molecule has 1 aromatic carbocycles. The maximum absolute atomic E-state index is 4.44. The van der Waals surface area contributed by atoms with E-state index in [1.165, 1.54) is 5.56 Å². The summed E-state index contributed by atoms with van der Waals surface area (Å²) in [7, 11) is 0. The summed E-state index contributed by atoms with van der Waals surface area (Å²) in [6.07, 6.45) is 1.75. The number of rotatable bonds is 3. The Morgan fingerprint density at radius 1 is 1.26 bits per heavy atom. The van der Waals surface area contributed by atoms with Crippen LogP contribution in [0.1, 0.15) is 11.4 Å². The van der Waals surface area contributed by atoms with E-state index >= 15 is 0 Å². The maximum Gasteiger partial charge on any atom is 0.177 e. The van der Waals surface area contributed by atoms with E-state index in [1.807, 2.05) is 6.07 Å². The first-order chi connectivity index (χ1) is 9.20. The van der Waals surface area contributed by atoms with E-state index in [4.69, 9.17) is 0 Å². The van der Waals surface area contributed by atoms with Crippen LogP contribution in [-0.2, 0) is 6.54 Å². The number of fused-ring (bicyclic) bond motifs is 1. The highest BCUT2D eigenvalue weighted by molar-refractivity contribution is 9.10. The standard InChI is InChI=1S/C14H13BrN4/c1-9-2-4-11(5-3-9)16-8-13-18-12-6-10(15)7-17-14(12)19-13/h2-7,16H,8H2,1H3,(H,17,18,19). The van der Waals surface area contributed by atoms with E-state index in [1.54, 1.807) is 6.20 Å². The first-order valence-electron chi connectivity index (χ1n) is 6.01. The van der Waals surface area contributed by atoms with Gasteiger partial charge in [0.1, 0.15) is 5.82 Å². The van der Waals surface area contributed by atoms with Crippen LogP contribution in [0.2, 0.25) is 0 Å². The molecule has 5 heteroatoms. The van der Waals surface area contributed by atoms with Crippen LogP contribution < -0.4 is 5.32 Å². The molecule has 3 aromatic rings. The molecule has 0 spiro atoms. The molecule has 0 radical (unpaired) electrons. The second-order valence-electron chi connectivity index (χ2n) is 4.43. The van der Waals surface area contributed by atoms with Crippen LogP contribution in [0, 0.1) is 6.92 Å². The van der Waals surface area contributed by atoms with Gasteiger partial charge in [0.15, 0.2) is 5.65 Å². The van der Waals surface area contributed by atoms with Crippen LogP contribution in [0.3, 0.4) is 0 Å². The molecule has 19 heavy (non-hydrogen) atoms. The molecule has 0 aliphatic heterocycles. The van der Waals surface area contributed by atoms with Gasteiger partial charge in [-0.2, -0.15) is 0 Å². The Hall–Kier alpha value is -1.88. The molecule has 0 aliphatic rings. The molecule has 0 saturated carbocycles. The highest BCUT2D eigenvalue weighted by atomic mass is 79.9. The Balaban J connectivity index is 1.76. The minimum Gasteiger partial charge on any atom is -0.378 e. The smallest absolute Gasteiger partial charge is 0.177 e. The van der Waals surface area contributed by atoms with Gasteiger partial charge in [0.2, 0.25) is 0 Å². The van der Waals surface area contributed by atoms with E-state index in [9.17, 15) is 0 Å². The topological polar surface area (TPSA) is 53.6 Å². The second kappa shape index (κ2) is 5.01. The zero-order valence-electron chi connectivity index (χ0n) is 10.4. The molecule has 0 unspecified atom stereocenters. The number of aromatic amines is 1. The molecule has 0 fully saturated rings. The Bertz CT molecular complexity index is 703. The maximum atomic E-state index is 4.44. The second-order valence-corrected chi connectivity index (χ2v) is 5.34. The number of halogens is 1. The van der Waals surface area contributed by atoms with Crippen molar-refractivity contribution < 1.29 is 0 Å². The summed E-state index contributed by atoms with van der Waals surface area (Å²) in [4.78, 5) is 11.9. The van der Waals surface area contributed by atoms with Crippen molar-refractivity contribution in [1.82, 2.24) is 15.0 Å². The summed E-state index contributed by atoms with van der Waals surface area (Å²) < 4.78 is 0.946. The van der Waals surface area contributed by atoms with Crippen molar-refractivity contribution in [3.63, 3.8) is 0 Å². The molecule has 0 amide bonds. The number of anilines is 1. The van der Waals surface area contributed by atoms with Gasteiger partial charge in [-0.1, -0.05) is 17.7 Å². The SMILES string of the molecule is Cc1ccc(NCc2nc3ncc(Br)cc3[nH]2)cc1. The number of pyridine rings is 1. The van der Waals surface area contributed by atoms with Gasteiger partial charge in [-0.25, -0.2) is 9.97 Å². The van der Waals surface area contributed by atoms with E-state index in [0.717, 1.165) is 27.1 Å². The third-order valence-electron chi connectivity index (χ3n) is 2.86. The van der Waals surface area contributed by atoms with Crippen LogP contribution in [-0.4, -0.2) is 15.0 Å². The normalized spacial score (nSPS) is 10.8. The van der Waals surface area contributed by atoms with Gasteiger partial charge in [0.25, 0.3) is 0 Å². The fraction of sp³-hybridized carbons (Fsp3) is 0.143. The summed E-state index contributed by atoms with van der Waals surface area (Å²) in [6, 6.07) is 10.3. The minimum atomic E-state index is 0.650. The van der Waals surface area contributed by atoms with Crippen molar-refractivity contribution in [3.05, 3.63) is 52.4 Å². The first-order valence-corrected chi connectivity index (χ1v) is 6.81. The largest absolute Gasteiger partial charge is 0.378 e. The Morgan fingerprint density at radius 3 is 2.84 bits per heavy atom. The van der Waals surface area contributed by atoms with Gasteiger partial charge in [-0.05, 0) is 41.1 Å². The number of H-pyrrole nitrogens is 1. The predicted molar refractivity (Wildman–Crippen MR) is 80.1 cm³/mol. The highest BCUT2D eigenvalue weighted by Crippen LogP contribution is 2.16. The molecule has 2 N–H and O–H groups in total. The summed E-state index contributed by atoms with van der Waals surface area (Å²) >= 11 is 3.40. The van der Waals surface area contributed by atoms with Crippen LogP contribution >= 0.6 is 15.9 Å². The van der Waals surface area contributed by atoms with Crippen molar-refractivity contribution in [2.45, 2.75) is 13.5 Å². The molecule has 0 saturated heterocycles. The zero-order valence-corrected chi connectivity index (χ0v) is 12.0. The number of hydrogen-bond acceptors (Lipinski definition) is 3. The molecule has 3 rings (SSSR count). The molecule has 0 bridgehead atoms. The molecule has 96 valence electrons.